The Morgan fingerprint density at radius 1 is 1.21 bits per heavy atom. The molecule has 1 aliphatic rings. The molecule has 1 atom stereocenters. The van der Waals surface area contributed by atoms with E-state index in [-0.39, 0.29) is 28.6 Å². The van der Waals surface area contributed by atoms with Crippen LogP contribution in [0.1, 0.15) is 28.8 Å². The van der Waals surface area contributed by atoms with Crippen LogP contribution in [0.2, 0.25) is 0 Å². The first-order valence-corrected chi connectivity index (χ1v) is 11.1. The zero-order chi connectivity index (χ0) is 20.9. The SMILES string of the molecule is Cc1cccc(C(=O)NC(=S)Nc2ccc(S(=O)(=O)NCC3CCCO3)cc2)c1. The maximum Gasteiger partial charge on any atom is 0.257 e. The molecule has 0 aliphatic carbocycles. The number of aryl methyl sites for hydroxylation is 1. The molecular weight excluding hydrogens is 410 g/mol. The van der Waals surface area contributed by atoms with Crippen molar-refractivity contribution in [2.75, 3.05) is 18.5 Å². The van der Waals surface area contributed by atoms with Crippen LogP contribution in [0, 0.1) is 6.92 Å². The minimum Gasteiger partial charge on any atom is -0.377 e. The highest BCUT2D eigenvalue weighted by atomic mass is 32.2. The number of nitrogens with one attached hydrogen (secondary N) is 3. The van der Waals surface area contributed by atoms with E-state index in [0.717, 1.165) is 18.4 Å². The van der Waals surface area contributed by atoms with Gasteiger partial charge in [0.15, 0.2) is 5.11 Å². The second kappa shape index (κ2) is 9.45. The van der Waals surface area contributed by atoms with Gasteiger partial charge >= 0.3 is 0 Å². The van der Waals surface area contributed by atoms with Crippen LogP contribution in [-0.2, 0) is 14.8 Å². The lowest BCUT2D eigenvalue weighted by molar-refractivity contribution is 0.0977. The largest absolute Gasteiger partial charge is 0.377 e. The van der Waals surface area contributed by atoms with Crippen molar-refractivity contribution < 1.29 is 17.9 Å². The van der Waals surface area contributed by atoms with Crippen LogP contribution in [0.5, 0.6) is 0 Å². The third-order valence-electron chi connectivity index (χ3n) is 4.45. The Labute approximate surface area is 175 Å². The lowest BCUT2D eigenvalue weighted by Crippen LogP contribution is -2.34. The molecule has 3 N–H and O–H groups in total. The molecule has 0 bridgehead atoms. The Morgan fingerprint density at radius 2 is 1.97 bits per heavy atom. The average Bonchev–Trinajstić information content (AvgIpc) is 3.20. The smallest absolute Gasteiger partial charge is 0.257 e. The fourth-order valence-corrected chi connectivity index (χ4v) is 4.21. The van der Waals surface area contributed by atoms with Gasteiger partial charge in [-0.25, -0.2) is 13.1 Å². The molecule has 3 rings (SSSR count). The van der Waals surface area contributed by atoms with Gasteiger partial charge in [0, 0.05) is 24.4 Å². The zero-order valence-corrected chi connectivity index (χ0v) is 17.6. The minimum atomic E-state index is -3.61. The number of hydrogen-bond donors (Lipinski definition) is 3. The third kappa shape index (κ3) is 6.07. The van der Waals surface area contributed by atoms with Gasteiger partial charge in [-0.05, 0) is 68.4 Å². The highest BCUT2D eigenvalue weighted by Gasteiger charge is 2.20. The van der Waals surface area contributed by atoms with Gasteiger partial charge < -0.3 is 10.1 Å². The molecule has 154 valence electrons. The fourth-order valence-electron chi connectivity index (χ4n) is 2.93. The maximum atomic E-state index is 12.4. The van der Waals surface area contributed by atoms with Crippen LogP contribution < -0.4 is 15.4 Å². The van der Waals surface area contributed by atoms with Crippen molar-refractivity contribution in [3.63, 3.8) is 0 Å². The number of anilines is 1. The van der Waals surface area contributed by atoms with Crippen molar-refractivity contribution in [3.8, 4) is 0 Å². The van der Waals surface area contributed by atoms with E-state index in [0.29, 0.717) is 17.9 Å². The standard InChI is InChI=1S/C20H23N3O4S2/c1-14-4-2-5-15(12-14)19(24)23-20(28)22-16-7-9-18(10-8-16)29(25,26)21-13-17-6-3-11-27-17/h2,4-5,7-10,12,17,21H,3,6,11,13H2,1H3,(H2,22,23,24,28). The molecular formula is C20H23N3O4S2. The van der Waals surface area contributed by atoms with E-state index >= 15 is 0 Å². The summed E-state index contributed by atoms with van der Waals surface area (Å²) in [6.07, 6.45) is 1.74. The van der Waals surface area contributed by atoms with Crippen LogP contribution in [-0.4, -0.2) is 38.7 Å². The summed E-state index contributed by atoms with van der Waals surface area (Å²) >= 11 is 5.17. The first kappa shape index (κ1) is 21.4. The molecule has 0 saturated carbocycles. The van der Waals surface area contributed by atoms with E-state index in [2.05, 4.69) is 15.4 Å². The van der Waals surface area contributed by atoms with Gasteiger partial charge in [-0.2, -0.15) is 0 Å². The van der Waals surface area contributed by atoms with E-state index in [9.17, 15) is 13.2 Å². The van der Waals surface area contributed by atoms with E-state index in [4.69, 9.17) is 17.0 Å². The summed E-state index contributed by atoms with van der Waals surface area (Å²) in [5.41, 5.74) is 2.05. The van der Waals surface area contributed by atoms with Crippen molar-refractivity contribution in [1.82, 2.24) is 10.0 Å². The predicted molar refractivity (Wildman–Crippen MR) is 115 cm³/mol. The lowest BCUT2D eigenvalue weighted by atomic mass is 10.1. The van der Waals surface area contributed by atoms with Gasteiger partial charge in [-0.1, -0.05) is 17.7 Å². The Balaban J connectivity index is 1.55. The van der Waals surface area contributed by atoms with Crippen molar-refractivity contribution in [3.05, 3.63) is 59.7 Å². The molecule has 0 radical (unpaired) electrons. The molecule has 1 unspecified atom stereocenters. The highest BCUT2D eigenvalue weighted by Crippen LogP contribution is 2.16. The number of amides is 1. The first-order chi connectivity index (χ1) is 13.8. The number of thiocarbonyl (C=S) groups is 1. The summed E-state index contributed by atoms with van der Waals surface area (Å²) in [6.45, 7) is 2.84. The maximum absolute atomic E-state index is 12.4. The second-order valence-electron chi connectivity index (χ2n) is 6.79. The number of rotatable bonds is 6. The van der Waals surface area contributed by atoms with Crippen LogP contribution >= 0.6 is 12.2 Å². The molecule has 1 aliphatic heterocycles. The molecule has 1 saturated heterocycles. The predicted octanol–water partition coefficient (Wildman–Crippen LogP) is 2.58. The number of ether oxygens (including phenoxy) is 1. The topological polar surface area (TPSA) is 96.5 Å². The Bertz CT molecular complexity index is 985. The quantitative estimate of drug-likeness (QED) is 0.606. The molecule has 0 aromatic heterocycles. The van der Waals surface area contributed by atoms with Crippen molar-refractivity contribution >= 4 is 38.9 Å². The average molecular weight is 434 g/mol. The normalized spacial score (nSPS) is 16.4. The van der Waals surface area contributed by atoms with Crippen LogP contribution in [0.15, 0.2) is 53.4 Å². The van der Waals surface area contributed by atoms with E-state index in [1.165, 1.54) is 12.1 Å². The van der Waals surface area contributed by atoms with Gasteiger partial charge in [0.2, 0.25) is 10.0 Å². The van der Waals surface area contributed by atoms with E-state index in [1.807, 2.05) is 13.0 Å². The molecule has 1 heterocycles. The molecule has 9 heteroatoms. The molecule has 2 aromatic rings. The van der Waals surface area contributed by atoms with Crippen LogP contribution in [0.25, 0.3) is 0 Å². The number of carbonyl (C=O) groups excluding carboxylic acids is 1. The van der Waals surface area contributed by atoms with Gasteiger partial charge in [-0.3, -0.25) is 10.1 Å². The Kier molecular flexibility index (Phi) is 6.96. The second-order valence-corrected chi connectivity index (χ2v) is 8.96. The Morgan fingerprint density at radius 3 is 2.62 bits per heavy atom. The number of hydrogen-bond acceptors (Lipinski definition) is 5. The molecule has 1 amide bonds. The summed E-state index contributed by atoms with van der Waals surface area (Å²) < 4.78 is 32.8. The summed E-state index contributed by atoms with van der Waals surface area (Å²) in [6, 6.07) is 13.3. The lowest BCUT2D eigenvalue weighted by Gasteiger charge is -2.13. The summed E-state index contributed by atoms with van der Waals surface area (Å²) in [4.78, 5) is 12.4. The Hall–Kier alpha value is -2.33. The highest BCUT2D eigenvalue weighted by molar-refractivity contribution is 7.89. The molecule has 29 heavy (non-hydrogen) atoms. The fraction of sp³-hybridized carbons (Fsp3) is 0.300. The first-order valence-electron chi connectivity index (χ1n) is 9.24. The number of carbonyl (C=O) groups is 1. The van der Waals surface area contributed by atoms with Gasteiger partial charge in [0.05, 0.1) is 11.0 Å². The van der Waals surface area contributed by atoms with Gasteiger partial charge in [-0.15, -0.1) is 0 Å². The van der Waals surface area contributed by atoms with Crippen molar-refractivity contribution in [2.45, 2.75) is 30.8 Å². The summed E-state index contributed by atoms with van der Waals surface area (Å²) in [5, 5.41) is 5.61. The number of sulfonamides is 1. The van der Waals surface area contributed by atoms with Crippen molar-refractivity contribution in [2.24, 2.45) is 0 Å². The molecule has 1 fully saturated rings. The molecule has 7 nitrogen and oxygen atoms in total. The third-order valence-corrected chi connectivity index (χ3v) is 6.10. The van der Waals surface area contributed by atoms with E-state index < -0.39 is 10.0 Å². The van der Waals surface area contributed by atoms with Crippen molar-refractivity contribution in [1.29, 1.82) is 0 Å². The molecule has 2 aromatic carbocycles. The monoisotopic (exact) mass is 433 g/mol. The van der Waals surface area contributed by atoms with Gasteiger partial charge in [0.25, 0.3) is 5.91 Å². The summed E-state index contributed by atoms with van der Waals surface area (Å²) in [7, 11) is -3.61. The molecule has 0 spiro atoms. The van der Waals surface area contributed by atoms with E-state index in [1.54, 1.807) is 30.3 Å². The van der Waals surface area contributed by atoms with Crippen LogP contribution in [0.3, 0.4) is 0 Å². The zero-order valence-electron chi connectivity index (χ0n) is 16.0. The number of benzene rings is 2. The minimum absolute atomic E-state index is 0.0694. The van der Waals surface area contributed by atoms with Crippen LogP contribution in [0.4, 0.5) is 5.69 Å². The van der Waals surface area contributed by atoms with Gasteiger partial charge in [0.1, 0.15) is 0 Å². The summed E-state index contributed by atoms with van der Waals surface area (Å²) in [5.74, 6) is -0.316.